The highest BCUT2D eigenvalue weighted by molar-refractivity contribution is 5.92. The molecule has 1 aromatic rings. The van der Waals surface area contributed by atoms with Gasteiger partial charge in [0.2, 0.25) is 0 Å². The summed E-state index contributed by atoms with van der Waals surface area (Å²) in [4.78, 5) is 22.2. The molecule has 2 heterocycles. The predicted molar refractivity (Wildman–Crippen MR) is 65.4 cm³/mol. The van der Waals surface area contributed by atoms with Crippen LogP contribution in [0.2, 0.25) is 0 Å². The van der Waals surface area contributed by atoms with E-state index in [-0.39, 0.29) is 5.91 Å². The van der Waals surface area contributed by atoms with Crippen LogP contribution in [-0.4, -0.2) is 53.1 Å². The number of hydrogen-bond acceptors (Lipinski definition) is 5. The second kappa shape index (κ2) is 4.89. The molecule has 2 aliphatic rings. The van der Waals surface area contributed by atoms with E-state index in [1.165, 1.54) is 12.8 Å². The first-order valence-electron chi connectivity index (χ1n) is 6.28. The number of nitrogens with zero attached hydrogens (tertiary/aromatic N) is 3. The molecular weight excluding hydrogens is 232 g/mol. The quantitative estimate of drug-likeness (QED) is 0.844. The summed E-state index contributed by atoms with van der Waals surface area (Å²) in [6.07, 6.45) is 5.56. The van der Waals surface area contributed by atoms with Gasteiger partial charge < -0.3 is 15.0 Å². The smallest absolute Gasteiger partial charge is 0.274 e. The highest BCUT2D eigenvalue weighted by Crippen LogP contribution is 2.23. The highest BCUT2D eigenvalue weighted by atomic mass is 16.5. The minimum absolute atomic E-state index is 0.0660. The van der Waals surface area contributed by atoms with E-state index in [0.29, 0.717) is 38.0 Å². The van der Waals surface area contributed by atoms with Gasteiger partial charge in [0.05, 0.1) is 25.6 Å². The van der Waals surface area contributed by atoms with Crippen molar-refractivity contribution in [2.45, 2.75) is 18.9 Å². The summed E-state index contributed by atoms with van der Waals surface area (Å²) in [5.41, 5.74) is 0.401. The van der Waals surface area contributed by atoms with Gasteiger partial charge in [0.25, 0.3) is 5.91 Å². The van der Waals surface area contributed by atoms with Crippen LogP contribution in [-0.2, 0) is 4.74 Å². The summed E-state index contributed by atoms with van der Waals surface area (Å²) in [5.74, 6) is 0.680. The zero-order valence-corrected chi connectivity index (χ0v) is 10.1. The molecule has 3 rings (SSSR count). The Morgan fingerprint density at radius 3 is 2.67 bits per heavy atom. The summed E-state index contributed by atoms with van der Waals surface area (Å²) in [5, 5.41) is 3.24. The monoisotopic (exact) mass is 248 g/mol. The third-order valence-corrected chi connectivity index (χ3v) is 3.10. The van der Waals surface area contributed by atoms with Crippen LogP contribution in [0.3, 0.4) is 0 Å². The van der Waals surface area contributed by atoms with E-state index in [4.69, 9.17) is 4.74 Å². The fourth-order valence-electron chi connectivity index (χ4n) is 1.88. The van der Waals surface area contributed by atoms with Gasteiger partial charge >= 0.3 is 0 Å². The number of amides is 1. The fourth-order valence-corrected chi connectivity index (χ4v) is 1.88. The van der Waals surface area contributed by atoms with E-state index in [9.17, 15) is 4.79 Å². The Hall–Kier alpha value is -1.69. The zero-order valence-electron chi connectivity index (χ0n) is 10.1. The van der Waals surface area contributed by atoms with Crippen LogP contribution in [0.25, 0.3) is 0 Å². The van der Waals surface area contributed by atoms with Gasteiger partial charge in [-0.3, -0.25) is 4.79 Å². The van der Waals surface area contributed by atoms with Crippen molar-refractivity contribution in [2.75, 3.05) is 31.6 Å². The van der Waals surface area contributed by atoms with Crippen molar-refractivity contribution in [3.63, 3.8) is 0 Å². The van der Waals surface area contributed by atoms with Crippen LogP contribution in [0.4, 0.5) is 5.82 Å². The van der Waals surface area contributed by atoms with Crippen LogP contribution < -0.4 is 5.32 Å². The minimum atomic E-state index is -0.0660. The average Bonchev–Trinajstić information content (AvgIpc) is 3.24. The molecule has 1 N–H and O–H groups in total. The molecule has 0 radical (unpaired) electrons. The molecule has 6 nitrogen and oxygen atoms in total. The second-order valence-electron chi connectivity index (χ2n) is 4.61. The van der Waals surface area contributed by atoms with Crippen LogP contribution in [0.5, 0.6) is 0 Å². The third kappa shape index (κ3) is 2.59. The van der Waals surface area contributed by atoms with E-state index in [0.717, 1.165) is 5.82 Å². The molecule has 0 aromatic carbocycles. The van der Waals surface area contributed by atoms with Crippen LogP contribution in [0, 0.1) is 0 Å². The molecule has 0 atom stereocenters. The highest BCUT2D eigenvalue weighted by Gasteiger charge is 2.22. The fraction of sp³-hybridized carbons (Fsp3) is 0.583. The Bertz CT molecular complexity index is 424. The normalized spacial score (nSPS) is 19.7. The van der Waals surface area contributed by atoms with E-state index in [2.05, 4.69) is 15.3 Å². The van der Waals surface area contributed by atoms with Crippen molar-refractivity contribution in [3.8, 4) is 0 Å². The largest absolute Gasteiger partial charge is 0.378 e. The molecule has 0 bridgehead atoms. The molecule has 0 unspecified atom stereocenters. The molecule has 18 heavy (non-hydrogen) atoms. The van der Waals surface area contributed by atoms with Crippen molar-refractivity contribution in [1.82, 2.24) is 14.9 Å². The van der Waals surface area contributed by atoms with Crippen molar-refractivity contribution >= 4 is 11.7 Å². The van der Waals surface area contributed by atoms with Gasteiger partial charge in [-0.1, -0.05) is 0 Å². The first-order chi connectivity index (χ1) is 8.83. The lowest BCUT2D eigenvalue weighted by molar-refractivity contribution is 0.0298. The molecule has 1 saturated carbocycles. The molecule has 1 amide bonds. The number of ether oxygens (including phenoxy) is 1. The number of carbonyl (C=O) groups excluding carboxylic acids is 1. The van der Waals surface area contributed by atoms with Gasteiger partial charge in [-0.15, -0.1) is 0 Å². The molecule has 2 fully saturated rings. The topological polar surface area (TPSA) is 67.4 Å². The van der Waals surface area contributed by atoms with Gasteiger partial charge in [-0.05, 0) is 12.8 Å². The van der Waals surface area contributed by atoms with Crippen LogP contribution in [0.1, 0.15) is 23.3 Å². The number of morpholine rings is 1. The van der Waals surface area contributed by atoms with Crippen molar-refractivity contribution in [3.05, 3.63) is 18.1 Å². The van der Waals surface area contributed by atoms with Gasteiger partial charge in [-0.25, -0.2) is 9.97 Å². The number of anilines is 1. The van der Waals surface area contributed by atoms with Gasteiger partial charge in [0.15, 0.2) is 0 Å². The Labute approximate surface area is 105 Å². The van der Waals surface area contributed by atoms with E-state index in [1.807, 2.05) is 0 Å². The van der Waals surface area contributed by atoms with E-state index < -0.39 is 0 Å². The average molecular weight is 248 g/mol. The van der Waals surface area contributed by atoms with Crippen LogP contribution >= 0.6 is 0 Å². The molecule has 0 spiro atoms. The van der Waals surface area contributed by atoms with Gasteiger partial charge in [0.1, 0.15) is 11.5 Å². The summed E-state index contributed by atoms with van der Waals surface area (Å²) in [6, 6.07) is 0.542. The maximum absolute atomic E-state index is 12.1. The zero-order chi connectivity index (χ0) is 12.4. The summed E-state index contributed by atoms with van der Waals surface area (Å²) in [6.45, 7) is 2.45. The molecule has 1 aliphatic heterocycles. The Morgan fingerprint density at radius 1 is 1.28 bits per heavy atom. The second-order valence-corrected chi connectivity index (χ2v) is 4.61. The summed E-state index contributed by atoms with van der Waals surface area (Å²) >= 11 is 0. The summed E-state index contributed by atoms with van der Waals surface area (Å²) < 4.78 is 5.22. The number of carbonyl (C=O) groups is 1. The lowest BCUT2D eigenvalue weighted by atomic mass is 10.3. The number of aromatic nitrogens is 2. The Kier molecular flexibility index (Phi) is 3.10. The lowest BCUT2D eigenvalue weighted by Crippen LogP contribution is -2.41. The molecular formula is C12H16N4O2. The van der Waals surface area contributed by atoms with E-state index in [1.54, 1.807) is 17.3 Å². The Morgan fingerprint density at radius 2 is 2.06 bits per heavy atom. The third-order valence-electron chi connectivity index (χ3n) is 3.10. The summed E-state index contributed by atoms with van der Waals surface area (Å²) in [7, 11) is 0. The minimum Gasteiger partial charge on any atom is -0.378 e. The van der Waals surface area contributed by atoms with Crippen molar-refractivity contribution in [2.24, 2.45) is 0 Å². The molecule has 1 saturated heterocycles. The van der Waals surface area contributed by atoms with Crippen molar-refractivity contribution in [1.29, 1.82) is 0 Å². The van der Waals surface area contributed by atoms with Crippen LogP contribution in [0.15, 0.2) is 12.4 Å². The van der Waals surface area contributed by atoms with Crippen molar-refractivity contribution < 1.29 is 9.53 Å². The first kappa shape index (κ1) is 11.4. The van der Waals surface area contributed by atoms with Gasteiger partial charge in [-0.2, -0.15) is 0 Å². The van der Waals surface area contributed by atoms with Gasteiger partial charge in [0, 0.05) is 19.1 Å². The molecule has 1 aliphatic carbocycles. The molecule has 1 aromatic heterocycles. The lowest BCUT2D eigenvalue weighted by Gasteiger charge is -2.26. The Balaban J connectivity index is 1.65. The number of hydrogen-bond donors (Lipinski definition) is 1. The molecule has 6 heteroatoms. The maximum Gasteiger partial charge on any atom is 0.274 e. The van der Waals surface area contributed by atoms with E-state index >= 15 is 0 Å². The SMILES string of the molecule is O=C(c1cnc(NC2CC2)cn1)N1CCOCC1. The first-order valence-corrected chi connectivity index (χ1v) is 6.28. The standard InChI is InChI=1S/C12H16N4O2/c17-12(16-3-5-18-6-4-16)10-7-14-11(8-13-10)15-9-1-2-9/h7-9H,1-6H2,(H,14,15). The number of nitrogens with one attached hydrogen (secondary N) is 1. The maximum atomic E-state index is 12.1. The molecule has 96 valence electrons. The number of rotatable bonds is 3. The predicted octanol–water partition coefficient (Wildman–Crippen LogP) is 0.523.